The fourth-order valence-electron chi connectivity index (χ4n) is 3.24. The van der Waals surface area contributed by atoms with Crippen LogP contribution < -0.4 is 10.9 Å². The van der Waals surface area contributed by atoms with E-state index < -0.39 is 0 Å². The van der Waals surface area contributed by atoms with Crippen LogP contribution in [-0.4, -0.2) is 21.6 Å². The number of H-pyrrole nitrogens is 1. The second-order valence-electron chi connectivity index (χ2n) is 7.53. The Kier molecular flexibility index (Phi) is 6.53. The van der Waals surface area contributed by atoms with Gasteiger partial charge in [0, 0.05) is 17.5 Å². The van der Waals surface area contributed by atoms with Crippen LogP contribution >= 0.6 is 23.1 Å². The van der Waals surface area contributed by atoms with Crippen LogP contribution in [0.25, 0.3) is 21.3 Å². The first kappa shape index (κ1) is 21.3. The number of hydrogen-bond donors (Lipinski definition) is 2. The molecule has 1 amide bonds. The maximum atomic E-state index is 12.8. The number of thiophene rings is 1. The highest BCUT2D eigenvalue weighted by atomic mass is 32.2. The largest absolute Gasteiger partial charge is 0.351 e. The molecule has 7 heteroatoms. The summed E-state index contributed by atoms with van der Waals surface area (Å²) in [6.07, 6.45) is 0. The molecule has 4 aromatic rings. The molecule has 0 saturated heterocycles. The van der Waals surface area contributed by atoms with Gasteiger partial charge >= 0.3 is 0 Å². The first-order chi connectivity index (χ1) is 15.0. The summed E-state index contributed by atoms with van der Waals surface area (Å²) in [4.78, 5) is 33.0. The predicted octanol–water partition coefficient (Wildman–Crippen LogP) is 5.18. The topological polar surface area (TPSA) is 74.8 Å². The van der Waals surface area contributed by atoms with Crippen LogP contribution in [0.1, 0.15) is 30.9 Å². The van der Waals surface area contributed by atoms with Crippen LogP contribution in [0.4, 0.5) is 0 Å². The molecule has 0 aliphatic heterocycles. The highest BCUT2D eigenvalue weighted by molar-refractivity contribution is 7.99. The molecule has 0 radical (unpaired) electrons. The Morgan fingerprint density at radius 3 is 2.58 bits per heavy atom. The number of fused-ring (bicyclic) bond motifs is 1. The monoisotopic (exact) mass is 449 g/mol. The average molecular weight is 450 g/mol. The van der Waals surface area contributed by atoms with Gasteiger partial charge in [-0.05, 0) is 22.6 Å². The van der Waals surface area contributed by atoms with Crippen LogP contribution in [0.15, 0.2) is 69.9 Å². The van der Waals surface area contributed by atoms with Crippen molar-refractivity contribution in [1.82, 2.24) is 15.3 Å². The Morgan fingerprint density at radius 1 is 1.13 bits per heavy atom. The molecule has 2 aromatic carbocycles. The van der Waals surface area contributed by atoms with Gasteiger partial charge in [0.15, 0.2) is 5.16 Å². The molecule has 0 spiro atoms. The third-order valence-electron chi connectivity index (χ3n) is 4.98. The van der Waals surface area contributed by atoms with E-state index in [1.807, 2.05) is 35.7 Å². The molecular weight excluding hydrogens is 426 g/mol. The summed E-state index contributed by atoms with van der Waals surface area (Å²) < 4.78 is 0. The van der Waals surface area contributed by atoms with E-state index in [4.69, 9.17) is 0 Å². The first-order valence-electron chi connectivity index (χ1n) is 10.1. The van der Waals surface area contributed by atoms with Crippen molar-refractivity contribution in [3.05, 3.63) is 81.5 Å². The molecule has 2 N–H and O–H groups in total. The van der Waals surface area contributed by atoms with Gasteiger partial charge in [-0.25, -0.2) is 4.98 Å². The molecule has 2 heterocycles. The summed E-state index contributed by atoms with van der Waals surface area (Å²) in [6, 6.07) is 18.0. The summed E-state index contributed by atoms with van der Waals surface area (Å²) >= 11 is 2.68. The van der Waals surface area contributed by atoms with E-state index in [9.17, 15) is 9.59 Å². The lowest BCUT2D eigenvalue weighted by atomic mass is 9.99. The number of thioether (sulfide) groups is 1. The molecule has 31 heavy (non-hydrogen) atoms. The zero-order valence-electron chi connectivity index (χ0n) is 17.3. The smallest absolute Gasteiger partial charge is 0.260 e. The van der Waals surface area contributed by atoms with Crippen molar-refractivity contribution in [3.63, 3.8) is 0 Å². The molecule has 0 aliphatic rings. The molecular formula is C24H23N3O2S2. The van der Waals surface area contributed by atoms with Gasteiger partial charge in [0.25, 0.3) is 5.56 Å². The Labute approximate surface area is 188 Å². The van der Waals surface area contributed by atoms with Crippen molar-refractivity contribution < 1.29 is 4.79 Å². The van der Waals surface area contributed by atoms with Crippen LogP contribution in [-0.2, 0) is 11.3 Å². The van der Waals surface area contributed by atoms with E-state index in [0.717, 1.165) is 16.7 Å². The van der Waals surface area contributed by atoms with Crippen molar-refractivity contribution in [2.45, 2.75) is 31.5 Å². The van der Waals surface area contributed by atoms with Crippen molar-refractivity contribution in [1.29, 1.82) is 0 Å². The van der Waals surface area contributed by atoms with E-state index >= 15 is 0 Å². The third-order valence-corrected chi connectivity index (χ3v) is 6.73. The number of nitrogens with one attached hydrogen (secondary N) is 2. The zero-order valence-corrected chi connectivity index (χ0v) is 19.0. The number of carbonyl (C=O) groups is 1. The normalized spacial score (nSPS) is 11.2. The van der Waals surface area contributed by atoms with Crippen molar-refractivity contribution >= 4 is 39.2 Å². The average Bonchev–Trinajstić information content (AvgIpc) is 3.21. The maximum absolute atomic E-state index is 12.8. The van der Waals surface area contributed by atoms with E-state index in [-0.39, 0.29) is 17.2 Å². The number of nitrogens with zero attached hydrogens (tertiary/aromatic N) is 1. The standard InChI is InChI=1S/C24H23N3O2S2/c1-15(2)17-8-10-18(11-9-17)19-13-30-23-21(19)22(29)26-24(27-23)31-14-20(28)25-12-16-6-4-3-5-7-16/h3-11,13,15H,12,14H2,1-2H3,(H,25,28)(H,26,27,29). The van der Waals surface area contributed by atoms with Crippen LogP contribution in [0.5, 0.6) is 0 Å². The van der Waals surface area contributed by atoms with Gasteiger partial charge in [-0.1, -0.05) is 80.2 Å². The van der Waals surface area contributed by atoms with E-state index in [2.05, 4.69) is 53.4 Å². The van der Waals surface area contributed by atoms with Gasteiger partial charge in [0.1, 0.15) is 4.83 Å². The minimum absolute atomic E-state index is 0.103. The SMILES string of the molecule is CC(C)c1ccc(-c2csc3nc(SCC(=O)NCc4ccccc4)[nH]c(=O)c23)cc1. The number of rotatable bonds is 7. The second kappa shape index (κ2) is 9.49. The van der Waals surface area contributed by atoms with Crippen LogP contribution in [0.3, 0.4) is 0 Å². The molecule has 0 bridgehead atoms. The van der Waals surface area contributed by atoms with Crippen molar-refractivity contribution in [2.75, 3.05) is 5.75 Å². The predicted molar refractivity (Wildman–Crippen MR) is 129 cm³/mol. The van der Waals surface area contributed by atoms with Crippen molar-refractivity contribution in [2.24, 2.45) is 0 Å². The number of hydrogen-bond acceptors (Lipinski definition) is 5. The summed E-state index contributed by atoms with van der Waals surface area (Å²) in [7, 11) is 0. The molecule has 0 fully saturated rings. The third kappa shape index (κ3) is 5.06. The molecule has 2 aromatic heterocycles. The lowest BCUT2D eigenvalue weighted by Gasteiger charge is -2.07. The van der Waals surface area contributed by atoms with Gasteiger partial charge in [-0.3, -0.25) is 9.59 Å². The van der Waals surface area contributed by atoms with Crippen LogP contribution in [0, 0.1) is 0 Å². The van der Waals surface area contributed by atoms with Gasteiger partial charge in [0.2, 0.25) is 5.91 Å². The molecule has 4 rings (SSSR count). The Hall–Kier alpha value is -2.90. The Bertz CT molecular complexity index is 1250. The Morgan fingerprint density at radius 2 is 1.87 bits per heavy atom. The lowest BCUT2D eigenvalue weighted by molar-refractivity contribution is -0.118. The molecule has 0 saturated carbocycles. The highest BCUT2D eigenvalue weighted by Crippen LogP contribution is 2.32. The van der Waals surface area contributed by atoms with Crippen LogP contribution in [0.2, 0.25) is 0 Å². The lowest BCUT2D eigenvalue weighted by Crippen LogP contribution is -2.24. The quantitative estimate of drug-likeness (QED) is 0.301. The molecule has 5 nitrogen and oxygen atoms in total. The maximum Gasteiger partial charge on any atom is 0.260 e. The highest BCUT2D eigenvalue weighted by Gasteiger charge is 2.14. The van der Waals surface area contributed by atoms with Crippen molar-refractivity contribution in [3.8, 4) is 11.1 Å². The summed E-state index contributed by atoms with van der Waals surface area (Å²) in [5.41, 5.74) is 4.02. The first-order valence-corrected chi connectivity index (χ1v) is 11.9. The number of aromatic nitrogens is 2. The minimum Gasteiger partial charge on any atom is -0.351 e. The summed E-state index contributed by atoms with van der Waals surface area (Å²) in [5, 5.41) is 5.90. The van der Waals surface area contributed by atoms with E-state index in [1.165, 1.54) is 28.7 Å². The zero-order chi connectivity index (χ0) is 21.8. The molecule has 0 aliphatic carbocycles. The minimum atomic E-state index is -0.179. The van der Waals surface area contributed by atoms with Gasteiger partial charge < -0.3 is 10.3 Å². The van der Waals surface area contributed by atoms with Gasteiger partial charge in [0.05, 0.1) is 11.1 Å². The second-order valence-corrected chi connectivity index (χ2v) is 9.35. The molecule has 158 valence electrons. The number of benzene rings is 2. The Balaban J connectivity index is 1.46. The van der Waals surface area contributed by atoms with Gasteiger partial charge in [-0.15, -0.1) is 11.3 Å². The number of carbonyl (C=O) groups excluding carboxylic acids is 1. The fourth-order valence-corrected chi connectivity index (χ4v) is 4.94. The summed E-state index contributed by atoms with van der Waals surface area (Å²) in [6.45, 7) is 4.79. The van der Waals surface area contributed by atoms with Gasteiger partial charge in [-0.2, -0.15) is 0 Å². The number of aromatic amines is 1. The van der Waals surface area contributed by atoms with E-state index in [0.29, 0.717) is 27.8 Å². The summed E-state index contributed by atoms with van der Waals surface area (Å²) in [5.74, 6) is 0.549. The molecule has 0 atom stereocenters. The molecule has 0 unspecified atom stereocenters. The fraction of sp³-hybridized carbons (Fsp3) is 0.208. The van der Waals surface area contributed by atoms with E-state index in [1.54, 1.807) is 0 Å². The number of amides is 1.